The Hall–Kier alpha value is -1.38. The minimum Gasteiger partial charge on any atom is -0.462 e. The number of esters is 1. The molecule has 0 spiro atoms. The number of nitrogens with two attached hydrogens (primary N) is 1. The quantitative estimate of drug-likeness (QED) is 0.760. The minimum absolute atomic E-state index is 0.185. The van der Waals surface area contributed by atoms with Gasteiger partial charge >= 0.3 is 5.97 Å². The van der Waals surface area contributed by atoms with Crippen LogP contribution in [-0.4, -0.2) is 49.4 Å². The van der Waals surface area contributed by atoms with Gasteiger partial charge in [-0.1, -0.05) is 0 Å². The SMILES string of the molecule is CCOC(=O)c1c(N)nsc1NCC1(OC)CCOC1. The lowest BCUT2D eigenvalue weighted by atomic mass is 10.0. The Morgan fingerprint density at radius 2 is 2.45 bits per heavy atom. The average molecular weight is 301 g/mol. The van der Waals surface area contributed by atoms with E-state index in [0.717, 1.165) is 18.0 Å². The number of aromatic nitrogens is 1. The molecular weight excluding hydrogens is 282 g/mol. The smallest absolute Gasteiger partial charge is 0.344 e. The topological polar surface area (TPSA) is 95.7 Å². The zero-order valence-corrected chi connectivity index (χ0v) is 12.4. The predicted octanol–water partition coefficient (Wildman–Crippen LogP) is 1.12. The lowest BCUT2D eigenvalue weighted by Gasteiger charge is -2.26. The van der Waals surface area contributed by atoms with Gasteiger partial charge < -0.3 is 25.3 Å². The summed E-state index contributed by atoms with van der Waals surface area (Å²) in [6.07, 6.45) is 0.805. The van der Waals surface area contributed by atoms with Gasteiger partial charge in [-0.25, -0.2) is 4.79 Å². The second-order valence-corrected chi connectivity index (χ2v) is 5.31. The molecule has 1 unspecified atom stereocenters. The first-order chi connectivity index (χ1) is 9.62. The van der Waals surface area contributed by atoms with Crippen molar-refractivity contribution in [3.8, 4) is 0 Å². The van der Waals surface area contributed by atoms with Crippen molar-refractivity contribution in [2.75, 3.05) is 44.5 Å². The Morgan fingerprint density at radius 3 is 3.05 bits per heavy atom. The van der Waals surface area contributed by atoms with Crippen LogP contribution in [0.2, 0.25) is 0 Å². The van der Waals surface area contributed by atoms with Gasteiger partial charge in [0, 0.05) is 26.7 Å². The van der Waals surface area contributed by atoms with E-state index in [4.69, 9.17) is 19.9 Å². The number of anilines is 2. The molecule has 1 saturated heterocycles. The molecule has 1 aromatic heterocycles. The summed E-state index contributed by atoms with van der Waals surface area (Å²) in [7, 11) is 1.66. The van der Waals surface area contributed by atoms with Crippen molar-refractivity contribution >= 4 is 28.3 Å². The second-order valence-electron chi connectivity index (χ2n) is 4.54. The first-order valence-corrected chi connectivity index (χ1v) is 7.18. The van der Waals surface area contributed by atoms with Crippen molar-refractivity contribution in [2.24, 2.45) is 0 Å². The molecule has 3 N–H and O–H groups in total. The van der Waals surface area contributed by atoms with Crippen molar-refractivity contribution in [1.29, 1.82) is 0 Å². The molecule has 1 aromatic rings. The van der Waals surface area contributed by atoms with E-state index in [9.17, 15) is 4.79 Å². The Labute approximate surface area is 121 Å². The van der Waals surface area contributed by atoms with Crippen LogP contribution in [0, 0.1) is 0 Å². The monoisotopic (exact) mass is 301 g/mol. The standard InChI is InChI=1S/C12H19N3O4S/c1-3-19-11(16)8-9(13)15-20-10(8)14-6-12(17-2)4-5-18-7-12/h14H,3-7H2,1-2H3,(H2,13,15). The highest BCUT2D eigenvalue weighted by molar-refractivity contribution is 7.11. The molecule has 2 heterocycles. The number of rotatable bonds is 6. The summed E-state index contributed by atoms with van der Waals surface area (Å²) in [6.45, 7) is 3.77. The molecule has 112 valence electrons. The van der Waals surface area contributed by atoms with Crippen LogP contribution in [0.15, 0.2) is 0 Å². The van der Waals surface area contributed by atoms with E-state index in [-0.39, 0.29) is 11.4 Å². The number of ether oxygens (including phenoxy) is 3. The highest BCUT2D eigenvalue weighted by Gasteiger charge is 2.35. The van der Waals surface area contributed by atoms with Crippen LogP contribution < -0.4 is 11.1 Å². The summed E-state index contributed by atoms with van der Waals surface area (Å²) in [4.78, 5) is 11.9. The van der Waals surface area contributed by atoms with Crippen LogP contribution in [0.5, 0.6) is 0 Å². The number of hydrogen-bond donors (Lipinski definition) is 2. The summed E-state index contributed by atoms with van der Waals surface area (Å²) in [5, 5.41) is 3.78. The zero-order valence-electron chi connectivity index (χ0n) is 11.6. The molecule has 8 heteroatoms. The van der Waals surface area contributed by atoms with Gasteiger partial charge in [-0.3, -0.25) is 0 Å². The van der Waals surface area contributed by atoms with E-state index in [0.29, 0.717) is 36.9 Å². The molecule has 2 rings (SSSR count). The molecule has 1 atom stereocenters. The fourth-order valence-electron chi connectivity index (χ4n) is 2.03. The molecule has 0 aliphatic carbocycles. The van der Waals surface area contributed by atoms with Crippen molar-refractivity contribution in [3.63, 3.8) is 0 Å². The van der Waals surface area contributed by atoms with Crippen LogP contribution in [0.4, 0.5) is 10.8 Å². The van der Waals surface area contributed by atoms with Crippen LogP contribution in [0.1, 0.15) is 23.7 Å². The highest BCUT2D eigenvalue weighted by Crippen LogP contribution is 2.30. The Kier molecular flexibility index (Phi) is 4.79. The van der Waals surface area contributed by atoms with Gasteiger partial charge in [0.15, 0.2) is 5.82 Å². The fourth-order valence-corrected chi connectivity index (χ4v) is 2.72. The molecular formula is C12H19N3O4S. The predicted molar refractivity (Wildman–Crippen MR) is 76.1 cm³/mol. The zero-order chi connectivity index (χ0) is 14.6. The minimum atomic E-state index is -0.463. The summed E-state index contributed by atoms with van der Waals surface area (Å²) >= 11 is 1.14. The normalized spacial score (nSPS) is 21.9. The molecule has 7 nitrogen and oxygen atoms in total. The summed E-state index contributed by atoms with van der Waals surface area (Å²) < 4.78 is 19.9. The number of nitrogens with one attached hydrogen (secondary N) is 1. The van der Waals surface area contributed by atoms with Gasteiger partial charge in [0.1, 0.15) is 16.2 Å². The molecule has 0 radical (unpaired) electrons. The number of methoxy groups -OCH3 is 1. The van der Waals surface area contributed by atoms with E-state index in [1.807, 2.05) is 0 Å². The van der Waals surface area contributed by atoms with Crippen molar-refractivity contribution in [3.05, 3.63) is 5.56 Å². The molecule has 20 heavy (non-hydrogen) atoms. The van der Waals surface area contributed by atoms with E-state index in [1.54, 1.807) is 14.0 Å². The highest BCUT2D eigenvalue weighted by atomic mass is 32.1. The molecule has 1 aliphatic heterocycles. The van der Waals surface area contributed by atoms with E-state index in [1.165, 1.54) is 0 Å². The third kappa shape index (κ3) is 3.02. The van der Waals surface area contributed by atoms with Crippen LogP contribution >= 0.6 is 11.5 Å². The Morgan fingerprint density at radius 1 is 1.65 bits per heavy atom. The number of hydrogen-bond acceptors (Lipinski definition) is 8. The largest absolute Gasteiger partial charge is 0.462 e. The van der Waals surface area contributed by atoms with Crippen molar-refractivity contribution < 1.29 is 19.0 Å². The van der Waals surface area contributed by atoms with E-state index in [2.05, 4.69) is 9.69 Å². The molecule has 0 amide bonds. The van der Waals surface area contributed by atoms with Crippen LogP contribution in [-0.2, 0) is 14.2 Å². The number of carbonyl (C=O) groups is 1. The van der Waals surface area contributed by atoms with Crippen molar-refractivity contribution in [2.45, 2.75) is 18.9 Å². The molecule has 0 bridgehead atoms. The van der Waals surface area contributed by atoms with Crippen LogP contribution in [0.3, 0.4) is 0 Å². The van der Waals surface area contributed by atoms with E-state index < -0.39 is 5.97 Å². The number of nitrogens with zero attached hydrogens (tertiary/aromatic N) is 1. The van der Waals surface area contributed by atoms with Gasteiger partial charge in [-0.15, -0.1) is 0 Å². The van der Waals surface area contributed by atoms with Gasteiger partial charge in [0.2, 0.25) is 0 Å². The molecule has 0 saturated carbocycles. The molecule has 0 aromatic carbocycles. The van der Waals surface area contributed by atoms with Crippen molar-refractivity contribution in [1.82, 2.24) is 4.37 Å². The third-order valence-corrected chi connectivity index (χ3v) is 4.09. The lowest BCUT2D eigenvalue weighted by molar-refractivity contribution is -0.00618. The van der Waals surface area contributed by atoms with Crippen LogP contribution in [0.25, 0.3) is 0 Å². The van der Waals surface area contributed by atoms with Gasteiger partial charge in [0.25, 0.3) is 0 Å². The van der Waals surface area contributed by atoms with Gasteiger partial charge in [0.05, 0.1) is 13.2 Å². The lowest BCUT2D eigenvalue weighted by Crippen LogP contribution is -2.39. The summed E-state index contributed by atoms with van der Waals surface area (Å²) in [5.74, 6) is -0.277. The maximum absolute atomic E-state index is 11.9. The first kappa shape index (κ1) is 15.0. The third-order valence-electron chi connectivity index (χ3n) is 3.27. The molecule has 1 aliphatic rings. The van der Waals surface area contributed by atoms with E-state index >= 15 is 0 Å². The first-order valence-electron chi connectivity index (χ1n) is 6.41. The average Bonchev–Trinajstić information content (AvgIpc) is 3.04. The van der Waals surface area contributed by atoms with Gasteiger partial charge in [-0.05, 0) is 18.5 Å². The maximum atomic E-state index is 11.9. The number of nitrogen functional groups attached to an aromatic ring is 1. The van der Waals surface area contributed by atoms with Gasteiger partial charge in [-0.2, -0.15) is 4.37 Å². The Bertz CT molecular complexity index is 471. The summed E-state index contributed by atoms with van der Waals surface area (Å²) in [5.41, 5.74) is 5.65. The Balaban J connectivity index is 2.08. The second kappa shape index (κ2) is 6.38. The molecule has 1 fully saturated rings. The fraction of sp³-hybridized carbons (Fsp3) is 0.667. The summed E-state index contributed by atoms with van der Waals surface area (Å²) in [6, 6.07) is 0. The maximum Gasteiger partial charge on any atom is 0.344 e. The number of carbonyl (C=O) groups excluding carboxylic acids is 1.